The van der Waals surface area contributed by atoms with Crippen LogP contribution in [0.3, 0.4) is 0 Å². The lowest BCUT2D eigenvalue weighted by atomic mass is 10.0. The van der Waals surface area contributed by atoms with Crippen molar-refractivity contribution in [3.63, 3.8) is 0 Å². The molecule has 3 N–H and O–H groups in total. The molecule has 0 radical (unpaired) electrons. The molecule has 2 aliphatic rings. The number of carboxylic acid groups (broad SMARTS) is 1. The van der Waals surface area contributed by atoms with E-state index in [1.54, 1.807) is 30.3 Å². The van der Waals surface area contributed by atoms with Crippen LogP contribution in [0.2, 0.25) is 0 Å². The molecule has 11 heteroatoms. The van der Waals surface area contributed by atoms with Crippen LogP contribution in [-0.2, 0) is 19.1 Å². The zero-order valence-corrected chi connectivity index (χ0v) is 17.1. The molecule has 0 aliphatic carbocycles. The topological polar surface area (TPSA) is 125 Å². The standard InChI is InChI=1S/C19H18ClN3O6S/c1-2-8-29-19(28)22-12(10-6-4-3-5-7-10)15(24)21-13-16(25)23-14(18(26)27)11(20)9-30-17(13)23/h2-7,12-13,17H,1,8-9H2,(H,21,24)(H,22,28)(H,26,27)/t12?,13?,17-/m1/s1. The minimum absolute atomic E-state index is 0.0329. The van der Waals surface area contributed by atoms with Gasteiger partial charge >= 0.3 is 12.1 Å². The number of aliphatic carboxylic acids is 1. The zero-order chi connectivity index (χ0) is 21.8. The third kappa shape index (κ3) is 4.29. The molecule has 30 heavy (non-hydrogen) atoms. The van der Waals surface area contributed by atoms with Crippen LogP contribution >= 0.6 is 23.4 Å². The summed E-state index contributed by atoms with van der Waals surface area (Å²) in [5.41, 5.74) is 0.210. The number of nitrogens with one attached hydrogen (secondary N) is 2. The maximum Gasteiger partial charge on any atom is 0.408 e. The summed E-state index contributed by atoms with van der Waals surface area (Å²) in [5.74, 6) is -2.32. The van der Waals surface area contributed by atoms with Crippen LogP contribution in [0.5, 0.6) is 0 Å². The first-order chi connectivity index (χ1) is 14.3. The molecule has 3 amide bonds. The molecule has 0 aromatic heterocycles. The van der Waals surface area contributed by atoms with Crippen LogP contribution in [-0.4, -0.2) is 57.7 Å². The van der Waals surface area contributed by atoms with Gasteiger partial charge in [0.15, 0.2) is 0 Å². The van der Waals surface area contributed by atoms with Crippen molar-refractivity contribution in [3.05, 3.63) is 59.3 Å². The molecule has 0 bridgehead atoms. The Labute approximate surface area is 181 Å². The summed E-state index contributed by atoms with van der Waals surface area (Å²) in [7, 11) is 0. The number of hydrogen-bond acceptors (Lipinski definition) is 6. The Bertz CT molecular complexity index is 922. The van der Waals surface area contributed by atoms with Gasteiger partial charge < -0.3 is 20.5 Å². The van der Waals surface area contributed by atoms with Gasteiger partial charge in [0.1, 0.15) is 29.8 Å². The van der Waals surface area contributed by atoms with E-state index in [4.69, 9.17) is 16.3 Å². The minimum atomic E-state index is -1.31. The summed E-state index contributed by atoms with van der Waals surface area (Å²) in [5, 5.41) is 13.9. The molecule has 1 saturated heterocycles. The smallest absolute Gasteiger partial charge is 0.408 e. The van der Waals surface area contributed by atoms with E-state index in [1.807, 2.05) is 0 Å². The molecular formula is C19H18ClN3O6S. The maximum absolute atomic E-state index is 12.9. The van der Waals surface area contributed by atoms with E-state index in [9.17, 15) is 24.3 Å². The molecule has 1 fully saturated rings. The van der Waals surface area contributed by atoms with Crippen molar-refractivity contribution in [2.75, 3.05) is 12.4 Å². The number of carbonyl (C=O) groups excluding carboxylic acids is 3. The van der Waals surface area contributed by atoms with E-state index in [0.717, 1.165) is 4.90 Å². The molecule has 3 atom stereocenters. The summed E-state index contributed by atoms with van der Waals surface area (Å²) in [4.78, 5) is 49.9. The van der Waals surface area contributed by atoms with Gasteiger partial charge in [0, 0.05) is 5.75 Å². The first kappa shape index (κ1) is 21.7. The quantitative estimate of drug-likeness (QED) is 0.424. The van der Waals surface area contributed by atoms with Crippen LogP contribution in [0.25, 0.3) is 0 Å². The normalized spacial score (nSPS) is 21.1. The summed E-state index contributed by atoms with van der Waals surface area (Å²) in [6.45, 7) is 3.42. The number of hydrogen-bond donors (Lipinski definition) is 3. The summed E-state index contributed by atoms with van der Waals surface area (Å²) in [6.07, 6.45) is 0.563. The lowest BCUT2D eigenvalue weighted by molar-refractivity contribution is -0.150. The van der Waals surface area contributed by atoms with Gasteiger partial charge in [-0.05, 0) is 5.56 Å². The third-order valence-electron chi connectivity index (χ3n) is 4.41. The monoisotopic (exact) mass is 451 g/mol. The summed E-state index contributed by atoms with van der Waals surface area (Å²) >= 11 is 7.19. The number of carbonyl (C=O) groups is 4. The fourth-order valence-electron chi connectivity index (χ4n) is 3.06. The molecule has 158 valence electrons. The number of rotatable bonds is 7. The van der Waals surface area contributed by atoms with Gasteiger partial charge in [0.25, 0.3) is 5.91 Å². The molecular weight excluding hydrogens is 434 g/mol. The molecule has 9 nitrogen and oxygen atoms in total. The number of alkyl carbamates (subject to hydrolysis) is 1. The van der Waals surface area contributed by atoms with Crippen molar-refractivity contribution in [1.29, 1.82) is 0 Å². The Morgan fingerprint density at radius 3 is 2.70 bits per heavy atom. The number of amides is 3. The fraction of sp³-hybridized carbons (Fsp3) is 0.263. The van der Waals surface area contributed by atoms with E-state index in [2.05, 4.69) is 17.2 Å². The molecule has 0 spiro atoms. The van der Waals surface area contributed by atoms with Crippen molar-refractivity contribution in [1.82, 2.24) is 15.5 Å². The van der Waals surface area contributed by atoms with Crippen molar-refractivity contribution in [2.45, 2.75) is 17.5 Å². The van der Waals surface area contributed by atoms with Gasteiger partial charge in [-0.3, -0.25) is 14.5 Å². The highest BCUT2D eigenvalue weighted by atomic mass is 35.5. The van der Waals surface area contributed by atoms with Gasteiger partial charge in [-0.15, -0.1) is 11.8 Å². The number of halogens is 1. The second-order valence-electron chi connectivity index (χ2n) is 6.33. The Morgan fingerprint density at radius 2 is 2.07 bits per heavy atom. The molecule has 2 heterocycles. The lowest BCUT2D eigenvalue weighted by Crippen LogP contribution is -2.71. The molecule has 1 aromatic rings. The number of thioether (sulfide) groups is 1. The first-order valence-corrected chi connectivity index (χ1v) is 10.2. The number of ether oxygens (including phenoxy) is 1. The average molecular weight is 452 g/mol. The summed E-state index contributed by atoms with van der Waals surface area (Å²) in [6, 6.07) is 6.39. The van der Waals surface area contributed by atoms with E-state index in [0.29, 0.717) is 5.56 Å². The van der Waals surface area contributed by atoms with Crippen LogP contribution < -0.4 is 10.6 Å². The van der Waals surface area contributed by atoms with Gasteiger partial charge in [0.05, 0.1) is 5.03 Å². The van der Waals surface area contributed by atoms with Gasteiger partial charge in [-0.2, -0.15) is 0 Å². The number of β-lactam (4-membered cyclic amide) rings is 1. The van der Waals surface area contributed by atoms with Crippen molar-refractivity contribution in [3.8, 4) is 0 Å². The molecule has 2 aliphatic heterocycles. The average Bonchev–Trinajstić information content (AvgIpc) is 2.74. The second kappa shape index (κ2) is 9.23. The SMILES string of the molecule is C=CCOC(=O)NC(C(=O)NC1C(=O)N2C(C(=O)O)=C(Cl)CS[C@H]12)c1ccccc1. The van der Waals surface area contributed by atoms with Gasteiger partial charge in [-0.25, -0.2) is 9.59 Å². The maximum atomic E-state index is 12.9. The highest BCUT2D eigenvalue weighted by molar-refractivity contribution is 8.00. The molecule has 3 rings (SSSR count). The van der Waals surface area contributed by atoms with E-state index < -0.39 is 41.3 Å². The minimum Gasteiger partial charge on any atom is -0.477 e. The van der Waals surface area contributed by atoms with Gasteiger partial charge in [0.2, 0.25) is 5.91 Å². The Balaban J connectivity index is 1.75. The molecule has 2 unspecified atom stereocenters. The van der Waals surface area contributed by atoms with E-state index in [1.165, 1.54) is 17.8 Å². The van der Waals surface area contributed by atoms with Crippen LogP contribution in [0.1, 0.15) is 11.6 Å². The number of fused-ring (bicyclic) bond motifs is 1. The van der Waals surface area contributed by atoms with Crippen molar-refractivity contribution >= 4 is 47.2 Å². The Hall–Kier alpha value is -2.98. The van der Waals surface area contributed by atoms with Crippen LogP contribution in [0.4, 0.5) is 4.79 Å². The number of carboxylic acids is 1. The van der Waals surface area contributed by atoms with E-state index >= 15 is 0 Å². The first-order valence-electron chi connectivity index (χ1n) is 8.81. The molecule has 0 saturated carbocycles. The Morgan fingerprint density at radius 1 is 1.37 bits per heavy atom. The second-order valence-corrected chi connectivity index (χ2v) is 7.89. The lowest BCUT2D eigenvalue weighted by Gasteiger charge is -2.49. The fourth-order valence-corrected chi connectivity index (χ4v) is 4.61. The molecule has 1 aromatic carbocycles. The predicted octanol–water partition coefficient (Wildman–Crippen LogP) is 1.57. The van der Waals surface area contributed by atoms with Crippen LogP contribution in [0.15, 0.2) is 53.7 Å². The third-order valence-corrected chi connectivity index (χ3v) is 6.16. The number of benzene rings is 1. The van der Waals surface area contributed by atoms with E-state index in [-0.39, 0.29) is 23.1 Å². The zero-order valence-electron chi connectivity index (χ0n) is 15.5. The number of nitrogens with zero attached hydrogens (tertiary/aromatic N) is 1. The largest absolute Gasteiger partial charge is 0.477 e. The highest BCUT2D eigenvalue weighted by Gasteiger charge is 2.54. The van der Waals surface area contributed by atoms with Crippen molar-refractivity contribution in [2.24, 2.45) is 0 Å². The van der Waals surface area contributed by atoms with Crippen molar-refractivity contribution < 1.29 is 29.0 Å². The highest BCUT2D eigenvalue weighted by Crippen LogP contribution is 2.41. The van der Waals surface area contributed by atoms with Gasteiger partial charge in [-0.1, -0.05) is 54.6 Å². The van der Waals surface area contributed by atoms with Crippen LogP contribution in [0, 0.1) is 0 Å². The predicted molar refractivity (Wildman–Crippen MR) is 109 cm³/mol. The Kier molecular flexibility index (Phi) is 6.68. The summed E-state index contributed by atoms with van der Waals surface area (Å²) < 4.78 is 4.88.